The molecular weight excluding hydrogens is 314 g/mol. The van der Waals surface area contributed by atoms with E-state index in [1.165, 1.54) is 44.3 Å². The average Bonchev–Trinajstić information content (AvgIpc) is 2.99. The van der Waals surface area contributed by atoms with Crippen LogP contribution in [0.25, 0.3) is 0 Å². The molecule has 3 rings (SSSR count). The van der Waals surface area contributed by atoms with Crippen molar-refractivity contribution in [2.24, 2.45) is 5.92 Å². The molecule has 2 aliphatic heterocycles. The van der Waals surface area contributed by atoms with Gasteiger partial charge in [-0.25, -0.2) is 4.79 Å². The Morgan fingerprint density at radius 1 is 1.04 bits per heavy atom. The summed E-state index contributed by atoms with van der Waals surface area (Å²) in [7, 11) is 0. The first-order valence-electron chi connectivity index (χ1n) is 9.68. The number of aliphatic hydroxyl groups is 1. The van der Waals surface area contributed by atoms with E-state index in [9.17, 15) is 9.90 Å². The normalized spacial score (nSPS) is 22.0. The lowest BCUT2D eigenvalue weighted by atomic mass is 10.1. The maximum atomic E-state index is 12.2. The van der Waals surface area contributed by atoms with Crippen LogP contribution in [0.3, 0.4) is 0 Å². The Bertz CT molecular complexity index is 538. The van der Waals surface area contributed by atoms with Crippen LogP contribution >= 0.6 is 0 Å². The summed E-state index contributed by atoms with van der Waals surface area (Å²) < 4.78 is 0. The molecule has 0 radical (unpaired) electrons. The van der Waals surface area contributed by atoms with Gasteiger partial charge in [0.1, 0.15) is 0 Å². The molecule has 1 aromatic carbocycles. The summed E-state index contributed by atoms with van der Waals surface area (Å²) in [4.78, 5) is 16.5. The van der Waals surface area contributed by atoms with E-state index in [-0.39, 0.29) is 18.6 Å². The second-order valence-electron chi connectivity index (χ2n) is 7.45. The van der Waals surface area contributed by atoms with E-state index in [0.717, 1.165) is 25.1 Å². The SMILES string of the molecule is O=C(NCc1ccc(CN2CCCCCC2)cc1)N1CCC(CO)C1. The Morgan fingerprint density at radius 3 is 2.36 bits per heavy atom. The van der Waals surface area contributed by atoms with Crippen molar-refractivity contribution in [2.75, 3.05) is 32.8 Å². The number of hydrogen-bond donors (Lipinski definition) is 2. The van der Waals surface area contributed by atoms with Gasteiger partial charge >= 0.3 is 6.03 Å². The number of benzene rings is 1. The summed E-state index contributed by atoms with van der Waals surface area (Å²) in [6.07, 6.45) is 6.26. The number of amides is 2. The van der Waals surface area contributed by atoms with Gasteiger partial charge in [0.15, 0.2) is 0 Å². The molecule has 0 spiro atoms. The zero-order valence-electron chi connectivity index (χ0n) is 15.1. The number of nitrogens with one attached hydrogen (secondary N) is 1. The van der Waals surface area contributed by atoms with Gasteiger partial charge in [0, 0.05) is 38.7 Å². The van der Waals surface area contributed by atoms with Crippen LogP contribution in [0.1, 0.15) is 43.2 Å². The van der Waals surface area contributed by atoms with Crippen LogP contribution < -0.4 is 5.32 Å². The third-order valence-electron chi connectivity index (χ3n) is 5.40. The fraction of sp³-hybridized carbons (Fsp3) is 0.650. The predicted octanol–water partition coefficient (Wildman–Crippen LogP) is 2.59. The molecule has 5 heteroatoms. The molecule has 1 atom stereocenters. The molecule has 0 bridgehead atoms. The summed E-state index contributed by atoms with van der Waals surface area (Å²) in [5.74, 6) is 0.240. The molecule has 0 saturated carbocycles. The molecule has 1 unspecified atom stereocenters. The van der Waals surface area contributed by atoms with Crippen LogP contribution in [-0.2, 0) is 13.1 Å². The fourth-order valence-corrected chi connectivity index (χ4v) is 3.77. The molecule has 2 fully saturated rings. The van der Waals surface area contributed by atoms with E-state index >= 15 is 0 Å². The summed E-state index contributed by atoms with van der Waals surface area (Å²) >= 11 is 0. The number of hydrogen-bond acceptors (Lipinski definition) is 3. The quantitative estimate of drug-likeness (QED) is 0.862. The first kappa shape index (κ1) is 18.2. The van der Waals surface area contributed by atoms with Crippen molar-refractivity contribution < 1.29 is 9.90 Å². The van der Waals surface area contributed by atoms with Crippen LogP contribution in [0.15, 0.2) is 24.3 Å². The van der Waals surface area contributed by atoms with Crippen molar-refractivity contribution in [1.82, 2.24) is 15.1 Å². The highest BCUT2D eigenvalue weighted by Crippen LogP contribution is 2.16. The molecular formula is C20H31N3O2. The van der Waals surface area contributed by atoms with E-state index in [1.54, 1.807) is 4.90 Å². The van der Waals surface area contributed by atoms with E-state index < -0.39 is 0 Å². The van der Waals surface area contributed by atoms with Crippen molar-refractivity contribution in [3.05, 3.63) is 35.4 Å². The molecule has 2 saturated heterocycles. The second kappa shape index (κ2) is 9.20. The molecule has 2 N–H and O–H groups in total. The highest BCUT2D eigenvalue weighted by atomic mass is 16.3. The molecule has 5 nitrogen and oxygen atoms in total. The summed E-state index contributed by atoms with van der Waals surface area (Å²) in [6, 6.07) is 8.58. The van der Waals surface area contributed by atoms with Crippen molar-refractivity contribution in [1.29, 1.82) is 0 Å². The molecule has 2 amide bonds. The topological polar surface area (TPSA) is 55.8 Å². The second-order valence-corrected chi connectivity index (χ2v) is 7.45. The van der Waals surface area contributed by atoms with Gasteiger partial charge in [-0.3, -0.25) is 4.90 Å². The maximum absolute atomic E-state index is 12.2. The highest BCUT2D eigenvalue weighted by molar-refractivity contribution is 5.74. The monoisotopic (exact) mass is 345 g/mol. The van der Waals surface area contributed by atoms with Crippen LogP contribution in [-0.4, -0.2) is 53.7 Å². The molecule has 25 heavy (non-hydrogen) atoms. The summed E-state index contributed by atoms with van der Waals surface area (Å²) in [6.45, 7) is 5.59. The fourth-order valence-electron chi connectivity index (χ4n) is 3.77. The number of carbonyl (C=O) groups is 1. The lowest BCUT2D eigenvalue weighted by Crippen LogP contribution is -2.38. The Morgan fingerprint density at radius 2 is 1.72 bits per heavy atom. The lowest BCUT2D eigenvalue weighted by Gasteiger charge is -2.20. The minimum absolute atomic E-state index is 0.0235. The Hall–Kier alpha value is -1.59. The van der Waals surface area contributed by atoms with Gasteiger partial charge in [0.25, 0.3) is 0 Å². The number of carbonyl (C=O) groups excluding carboxylic acids is 1. The van der Waals surface area contributed by atoms with Gasteiger partial charge in [-0.1, -0.05) is 37.1 Å². The molecule has 0 aliphatic carbocycles. The van der Waals surface area contributed by atoms with Crippen molar-refractivity contribution in [2.45, 2.75) is 45.2 Å². The largest absolute Gasteiger partial charge is 0.396 e. The van der Waals surface area contributed by atoms with Crippen LogP contribution in [0.5, 0.6) is 0 Å². The standard InChI is InChI=1S/C20H31N3O2/c24-16-19-9-12-23(15-19)20(25)21-13-17-5-7-18(8-6-17)14-22-10-3-1-2-4-11-22/h5-8,19,24H,1-4,9-16H2,(H,21,25). The first-order valence-corrected chi connectivity index (χ1v) is 9.68. The van der Waals surface area contributed by atoms with E-state index in [2.05, 4.69) is 34.5 Å². The minimum atomic E-state index is -0.0235. The number of rotatable bonds is 5. The van der Waals surface area contributed by atoms with Gasteiger partial charge in [-0.2, -0.15) is 0 Å². The van der Waals surface area contributed by atoms with Crippen LogP contribution in [0, 0.1) is 5.92 Å². The van der Waals surface area contributed by atoms with Crippen molar-refractivity contribution in [3.63, 3.8) is 0 Å². The zero-order valence-corrected chi connectivity index (χ0v) is 15.1. The van der Waals surface area contributed by atoms with E-state index in [0.29, 0.717) is 13.1 Å². The number of nitrogens with zero attached hydrogens (tertiary/aromatic N) is 2. The highest BCUT2D eigenvalue weighted by Gasteiger charge is 2.25. The summed E-state index contributed by atoms with van der Waals surface area (Å²) in [5.41, 5.74) is 2.48. The van der Waals surface area contributed by atoms with Crippen molar-refractivity contribution >= 4 is 6.03 Å². The number of urea groups is 1. The van der Waals surface area contributed by atoms with Gasteiger partial charge in [0.2, 0.25) is 0 Å². The number of likely N-dealkylation sites (tertiary alicyclic amines) is 2. The first-order chi connectivity index (χ1) is 12.2. The molecule has 2 heterocycles. The molecule has 1 aromatic rings. The van der Waals surface area contributed by atoms with E-state index in [1.807, 2.05) is 0 Å². The summed E-state index contributed by atoms with van der Waals surface area (Å²) in [5, 5.41) is 12.2. The third-order valence-corrected chi connectivity index (χ3v) is 5.40. The maximum Gasteiger partial charge on any atom is 0.317 e. The predicted molar refractivity (Wildman–Crippen MR) is 99.2 cm³/mol. The molecule has 0 aromatic heterocycles. The Labute approximate surface area is 151 Å². The third kappa shape index (κ3) is 5.44. The lowest BCUT2D eigenvalue weighted by molar-refractivity contribution is 0.198. The number of aliphatic hydroxyl groups excluding tert-OH is 1. The molecule has 138 valence electrons. The molecule has 2 aliphatic rings. The van der Waals surface area contributed by atoms with Crippen LogP contribution in [0.4, 0.5) is 4.79 Å². The van der Waals surface area contributed by atoms with Gasteiger partial charge in [0.05, 0.1) is 0 Å². The Balaban J connectivity index is 1.43. The van der Waals surface area contributed by atoms with Crippen LogP contribution in [0.2, 0.25) is 0 Å². The minimum Gasteiger partial charge on any atom is -0.396 e. The smallest absolute Gasteiger partial charge is 0.317 e. The van der Waals surface area contributed by atoms with Gasteiger partial charge in [-0.05, 0) is 43.5 Å². The Kier molecular flexibility index (Phi) is 6.70. The van der Waals surface area contributed by atoms with Crippen molar-refractivity contribution in [3.8, 4) is 0 Å². The van der Waals surface area contributed by atoms with E-state index in [4.69, 9.17) is 0 Å². The van der Waals surface area contributed by atoms with Gasteiger partial charge < -0.3 is 15.3 Å². The average molecular weight is 345 g/mol. The zero-order chi connectivity index (χ0) is 17.5. The van der Waals surface area contributed by atoms with Gasteiger partial charge in [-0.15, -0.1) is 0 Å².